The molecule has 2 N–H and O–H groups in total. The summed E-state index contributed by atoms with van der Waals surface area (Å²) in [5, 5.41) is 14.7. The first-order chi connectivity index (χ1) is 9.95. The number of benzene rings is 1. The molecule has 21 heavy (non-hydrogen) atoms. The quantitative estimate of drug-likeness (QED) is 0.522. The van der Waals surface area contributed by atoms with Gasteiger partial charge in [0.1, 0.15) is 5.56 Å². The van der Waals surface area contributed by atoms with Gasteiger partial charge in [-0.3, -0.25) is 10.1 Å². The minimum Gasteiger partial charge on any atom is -0.462 e. The smallest absolute Gasteiger partial charge is 0.343 e. The van der Waals surface area contributed by atoms with Crippen LogP contribution in [0.25, 0.3) is 5.69 Å². The Hall–Kier alpha value is -2.90. The summed E-state index contributed by atoms with van der Waals surface area (Å²) in [5.41, 5.74) is 7.01. The van der Waals surface area contributed by atoms with Gasteiger partial charge in [0, 0.05) is 12.1 Å². The number of nitro benzene ring substituents is 1. The van der Waals surface area contributed by atoms with Crippen molar-refractivity contribution in [3.63, 3.8) is 0 Å². The number of nitrogens with two attached hydrogens (primary N) is 1. The Morgan fingerprint density at radius 2 is 2.05 bits per heavy atom. The van der Waals surface area contributed by atoms with Crippen LogP contribution in [0.15, 0.2) is 24.3 Å². The summed E-state index contributed by atoms with van der Waals surface area (Å²) in [6.07, 6.45) is 0. The Kier molecular flexibility index (Phi) is 3.88. The molecule has 1 heterocycles. The molecule has 0 saturated carbocycles. The van der Waals surface area contributed by atoms with E-state index in [1.807, 2.05) is 0 Å². The highest BCUT2D eigenvalue weighted by Crippen LogP contribution is 2.22. The summed E-state index contributed by atoms with van der Waals surface area (Å²) in [5.74, 6) is -0.482. The van der Waals surface area contributed by atoms with Gasteiger partial charge >= 0.3 is 5.97 Å². The van der Waals surface area contributed by atoms with E-state index in [9.17, 15) is 14.9 Å². The first-order valence-corrected chi connectivity index (χ1v) is 6.22. The number of rotatable bonds is 4. The van der Waals surface area contributed by atoms with Gasteiger partial charge < -0.3 is 10.5 Å². The van der Waals surface area contributed by atoms with E-state index >= 15 is 0 Å². The molecule has 0 fully saturated rings. The van der Waals surface area contributed by atoms with E-state index in [0.717, 1.165) is 0 Å². The average Bonchev–Trinajstić information content (AvgIpc) is 2.74. The molecule has 2 aromatic rings. The predicted octanol–water partition coefficient (Wildman–Crippen LogP) is 1.85. The van der Waals surface area contributed by atoms with Gasteiger partial charge in [0.2, 0.25) is 0 Å². The topological polar surface area (TPSA) is 113 Å². The zero-order chi connectivity index (χ0) is 15.6. The number of nitrogens with zero attached hydrogens (tertiary/aromatic N) is 3. The number of nitrogen functional groups attached to an aromatic ring is 1. The lowest BCUT2D eigenvalue weighted by Crippen LogP contribution is -2.08. The van der Waals surface area contributed by atoms with Crippen molar-refractivity contribution < 1.29 is 14.5 Å². The lowest BCUT2D eigenvalue weighted by Gasteiger charge is -2.05. The lowest BCUT2D eigenvalue weighted by molar-refractivity contribution is -0.384. The van der Waals surface area contributed by atoms with Crippen LogP contribution in [0.5, 0.6) is 0 Å². The molecule has 1 aromatic carbocycles. The SMILES string of the molecule is CCOC(=O)c1c(N)nn(-c2ccc([N+](=O)[O-])cc2)c1C. The first-order valence-electron chi connectivity index (χ1n) is 6.22. The Labute approximate surface area is 120 Å². The van der Waals surface area contributed by atoms with Gasteiger partial charge in [-0.1, -0.05) is 0 Å². The molecule has 0 aliphatic heterocycles. The Bertz CT molecular complexity index is 691. The van der Waals surface area contributed by atoms with Gasteiger partial charge in [-0.25, -0.2) is 9.48 Å². The molecule has 0 saturated heterocycles. The summed E-state index contributed by atoms with van der Waals surface area (Å²) in [4.78, 5) is 22.0. The second-order valence-corrected chi connectivity index (χ2v) is 4.25. The number of aromatic nitrogens is 2. The van der Waals surface area contributed by atoms with Crippen molar-refractivity contribution in [3.8, 4) is 5.69 Å². The summed E-state index contributed by atoms with van der Waals surface area (Å²) >= 11 is 0. The molecule has 2 rings (SSSR count). The maximum absolute atomic E-state index is 11.8. The second-order valence-electron chi connectivity index (χ2n) is 4.25. The van der Waals surface area contributed by atoms with E-state index in [1.54, 1.807) is 13.8 Å². The Morgan fingerprint density at radius 3 is 2.57 bits per heavy atom. The fourth-order valence-corrected chi connectivity index (χ4v) is 1.95. The van der Waals surface area contributed by atoms with Crippen LogP contribution in [0.4, 0.5) is 11.5 Å². The maximum Gasteiger partial charge on any atom is 0.343 e. The molecular weight excluding hydrogens is 276 g/mol. The van der Waals surface area contributed by atoms with Crippen LogP contribution in [-0.2, 0) is 4.74 Å². The standard InChI is InChI=1S/C13H14N4O4/c1-3-21-13(18)11-8(2)16(15-12(11)14)9-4-6-10(7-5-9)17(19)20/h4-7H,3H2,1-2H3,(H2,14,15). The molecule has 0 amide bonds. The van der Waals surface area contributed by atoms with Gasteiger partial charge in [0.25, 0.3) is 5.69 Å². The third-order valence-corrected chi connectivity index (χ3v) is 2.93. The summed E-state index contributed by atoms with van der Waals surface area (Å²) in [6, 6.07) is 5.78. The number of carbonyl (C=O) groups is 1. The van der Waals surface area contributed by atoms with Crippen LogP contribution >= 0.6 is 0 Å². The molecule has 110 valence electrons. The number of hydrogen-bond acceptors (Lipinski definition) is 6. The normalized spacial score (nSPS) is 10.4. The summed E-state index contributed by atoms with van der Waals surface area (Å²) in [7, 11) is 0. The number of nitro groups is 1. The van der Waals surface area contributed by atoms with Crippen molar-refractivity contribution in [2.75, 3.05) is 12.3 Å². The van der Waals surface area contributed by atoms with Crippen LogP contribution in [-0.4, -0.2) is 27.3 Å². The highest BCUT2D eigenvalue weighted by Gasteiger charge is 2.21. The van der Waals surface area contributed by atoms with Crippen molar-refractivity contribution in [1.82, 2.24) is 9.78 Å². The molecule has 1 aromatic heterocycles. The minimum absolute atomic E-state index is 0.0258. The first kappa shape index (κ1) is 14.5. The van der Waals surface area contributed by atoms with Crippen molar-refractivity contribution in [1.29, 1.82) is 0 Å². The highest BCUT2D eigenvalue weighted by atomic mass is 16.6. The van der Waals surface area contributed by atoms with Crippen LogP contribution in [0.1, 0.15) is 23.0 Å². The number of non-ortho nitro benzene ring substituents is 1. The molecule has 0 aliphatic carbocycles. The number of carbonyl (C=O) groups excluding carboxylic acids is 1. The van der Waals surface area contributed by atoms with Gasteiger partial charge in [0.05, 0.1) is 22.9 Å². The van der Waals surface area contributed by atoms with Crippen LogP contribution in [0, 0.1) is 17.0 Å². The largest absolute Gasteiger partial charge is 0.462 e. The van der Waals surface area contributed by atoms with Crippen molar-refractivity contribution in [2.24, 2.45) is 0 Å². The van der Waals surface area contributed by atoms with Gasteiger partial charge in [-0.15, -0.1) is 5.10 Å². The van der Waals surface area contributed by atoms with Gasteiger partial charge in [0.15, 0.2) is 5.82 Å². The fraction of sp³-hybridized carbons (Fsp3) is 0.231. The molecule has 0 bridgehead atoms. The Morgan fingerprint density at radius 1 is 1.43 bits per heavy atom. The van der Waals surface area contributed by atoms with Crippen molar-refractivity contribution in [2.45, 2.75) is 13.8 Å². The van der Waals surface area contributed by atoms with Crippen molar-refractivity contribution >= 4 is 17.5 Å². The summed E-state index contributed by atoms with van der Waals surface area (Å²) in [6.45, 7) is 3.61. The summed E-state index contributed by atoms with van der Waals surface area (Å²) < 4.78 is 6.38. The monoisotopic (exact) mass is 290 g/mol. The minimum atomic E-state index is -0.541. The van der Waals surface area contributed by atoms with Crippen LogP contribution in [0.2, 0.25) is 0 Å². The Balaban J connectivity index is 2.43. The molecule has 0 atom stereocenters. The van der Waals surface area contributed by atoms with Gasteiger partial charge in [-0.05, 0) is 26.0 Å². The van der Waals surface area contributed by atoms with Crippen molar-refractivity contribution in [3.05, 3.63) is 45.6 Å². The molecule has 0 spiro atoms. The predicted molar refractivity (Wildman–Crippen MR) is 75.3 cm³/mol. The number of anilines is 1. The molecule has 0 aliphatic rings. The lowest BCUT2D eigenvalue weighted by atomic mass is 10.2. The molecule has 8 nitrogen and oxygen atoms in total. The van der Waals surface area contributed by atoms with Gasteiger partial charge in [-0.2, -0.15) is 0 Å². The number of ether oxygens (including phenoxy) is 1. The molecule has 0 radical (unpaired) electrons. The van der Waals surface area contributed by atoms with Crippen LogP contribution < -0.4 is 5.73 Å². The third kappa shape index (κ3) is 2.69. The molecular formula is C13H14N4O4. The maximum atomic E-state index is 11.8. The zero-order valence-electron chi connectivity index (χ0n) is 11.6. The zero-order valence-corrected chi connectivity index (χ0v) is 11.6. The van der Waals surface area contributed by atoms with E-state index in [-0.39, 0.29) is 23.7 Å². The number of esters is 1. The van der Waals surface area contributed by atoms with E-state index in [0.29, 0.717) is 11.4 Å². The second kappa shape index (κ2) is 5.61. The van der Waals surface area contributed by atoms with E-state index < -0.39 is 10.9 Å². The highest BCUT2D eigenvalue weighted by molar-refractivity contribution is 5.95. The third-order valence-electron chi connectivity index (χ3n) is 2.93. The fourth-order valence-electron chi connectivity index (χ4n) is 1.95. The number of hydrogen-bond donors (Lipinski definition) is 1. The molecule has 0 unspecified atom stereocenters. The van der Waals surface area contributed by atoms with Crippen LogP contribution in [0.3, 0.4) is 0 Å². The van der Waals surface area contributed by atoms with E-state index in [4.69, 9.17) is 10.5 Å². The molecule has 8 heteroatoms. The van der Waals surface area contributed by atoms with E-state index in [1.165, 1.54) is 28.9 Å². The average molecular weight is 290 g/mol. The van der Waals surface area contributed by atoms with E-state index in [2.05, 4.69) is 5.10 Å².